The van der Waals surface area contributed by atoms with Gasteiger partial charge in [-0.05, 0) is 11.1 Å². The fourth-order valence-electron chi connectivity index (χ4n) is 1.64. The summed E-state index contributed by atoms with van der Waals surface area (Å²) in [5.74, 6) is 0.417. The lowest BCUT2D eigenvalue weighted by Gasteiger charge is -2.07. The van der Waals surface area contributed by atoms with E-state index < -0.39 is 4.92 Å². The molecule has 3 N–H and O–H groups in total. The monoisotopic (exact) mass is 292 g/mol. The van der Waals surface area contributed by atoms with Crippen molar-refractivity contribution in [3.05, 3.63) is 62.8 Å². The zero-order valence-electron chi connectivity index (χ0n) is 10.5. The summed E-state index contributed by atoms with van der Waals surface area (Å²) in [7, 11) is 0. The van der Waals surface area contributed by atoms with E-state index in [0.717, 1.165) is 11.1 Å². The highest BCUT2D eigenvalue weighted by Gasteiger charge is 2.10. The van der Waals surface area contributed by atoms with Gasteiger partial charge in [-0.25, -0.2) is 4.98 Å². The molecule has 20 heavy (non-hydrogen) atoms. The normalized spacial score (nSPS) is 10.3. The van der Waals surface area contributed by atoms with Gasteiger partial charge in [0.25, 0.3) is 5.69 Å². The Bertz CT molecular complexity index is 616. The number of nitrogens with two attached hydrogens (primary N) is 1. The Kier molecular flexibility index (Phi) is 4.49. The topological polar surface area (TPSA) is 94.1 Å². The van der Waals surface area contributed by atoms with E-state index in [9.17, 15) is 10.1 Å². The van der Waals surface area contributed by atoms with Crippen molar-refractivity contribution in [1.29, 1.82) is 0 Å². The molecule has 0 atom stereocenters. The fourth-order valence-corrected chi connectivity index (χ4v) is 1.86. The second-order valence-corrected chi connectivity index (χ2v) is 4.56. The molecule has 1 aromatic carbocycles. The maximum atomic E-state index is 10.6. The second-order valence-electron chi connectivity index (χ2n) is 4.16. The van der Waals surface area contributed by atoms with Gasteiger partial charge < -0.3 is 11.1 Å². The summed E-state index contributed by atoms with van der Waals surface area (Å²) in [5.41, 5.74) is 7.49. The quantitative estimate of drug-likeness (QED) is 0.653. The summed E-state index contributed by atoms with van der Waals surface area (Å²) < 4.78 is 0. The van der Waals surface area contributed by atoms with Crippen LogP contribution in [0.1, 0.15) is 11.1 Å². The van der Waals surface area contributed by atoms with Crippen molar-refractivity contribution in [3.8, 4) is 0 Å². The molecule has 0 saturated carbocycles. The number of nitrogens with one attached hydrogen (secondary N) is 1. The number of nitro groups is 1. The van der Waals surface area contributed by atoms with Crippen LogP contribution in [0.4, 0.5) is 11.5 Å². The predicted octanol–water partition coefficient (Wildman–Crippen LogP) is 2.71. The molecule has 0 spiro atoms. The zero-order chi connectivity index (χ0) is 14.5. The Morgan fingerprint density at radius 1 is 1.30 bits per heavy atom. The van der Waals surface area contributed by atoms with Crippen LogP contribution >= 0.6 is 11.6 Å². The van der Waals surface area contributed by atoms with Crippen molar-refractivity contribution in [2.24, 2.45) is 5.73 Å². The molecule has 6 nitrogen and oxygen atoms in total. The Labute approximate surface area is 120 Å². The predicted molar refractivity (Wildman–Crippen MR) is 77.6 cm³/mol. The first kappa shape index (κ1) is 14.2. The number of hydrogen-bond acceptors (Lipinski definition) is 5. The van der Waals surface area contributed by atoms with E-state index in [1.54, 1.807) is 0 Å². The lowest BCUT2D eigenvalue weighted by atomic mass is 10.1. The SMILES string of the molecule is NCc1ccc(CNc2ncc([N+](=O)[O-])cc2Cl)cc1. The first-order valence-electron chi connectivity index (χ1n) is 5.92. The standard InChI is InChI=1S/C13H13ClN4O2/c14-12-5-11(18(19)20)8-17-13(12)16-7-10-3-1-9(6-15)2-4-10/h1-5,8H,6-7,15H2,(H,16,17). The molecule has 2 rings (SSSR count). The molecule has 0 saturated heterocycles. The van der Waals surface area contributed by atoms with Gasteiger partial charge >= 0.3 is 0 Å². The Hall–Kier alpha value is -2.18. The number of anilines is 1. The van der Waals surface area contributed by atoms with Crippen LogP contribution in [0.15, 0.2) is 36.5 Å². The molecular formula is C13H13ClN4O2. The third-order valence-electron chi connectivity index (χ3n) is 2.76. The summed E-state index contributed by atoms with van der Waals surface area (Å²) >= 11 is 5.94. The van der Waals surface area contributed by atoms with Gasteiger partial charge in [0.2, 0.25) is 0 Å². The number of halogens is 1. The molecule has 7 heteroatoms. The fraction of sp³-hybridized carbons (Fsp3) is 0.154. The summed E-state index contributed by atoms with van der Waals surface area (Å²) in [5, 5.41) is 13.8. The minimum absolute atomic E-state index is 0.132. The molecule has 0 fully saturated rings. The number of rotatable bonds is 5. The van der Waals surface area contributed by atoms with Crippen molar-refractivity contribution in [2.75, 3.05) is 5.32 Å². The van der Waals surface area contributed by atoms with Gasteiger partial charge in [-0.2, -0.15) is 0 Å². The van der Waals surface area contributed by atoms with E-state index in [2.05, 4.69) is 10.3 Å². The van der Waals surface area contributed by atoms with E-state index in [0.29, 0.717) is 18.9 Å². The highest BCUT2D eigenvalue weighted by Crippen LogP contribution is 2.24. The van der Waals surface area contributed by atoms with Crippen LogP contribution in [-0.4, -0.2) is 9.91 Å². The van der Waals surface area contributed by atoms with Gasteiger partial charge in [0.05, 0.1) is 9.95 Å². The molecule has 0 bridgehead atoms. The van der Waals surface area contributed by atoms with E-state index in [-0.39, 0.29) is 10.7 Å². The lowest BCUT2D eigenvalue weighted by Crippen LogP contribution is -2.03. The van der Waals surface area contributed by atoms with Gasteiger partial charge in [-0.3, -0.25) is 10.1 Å². The van der Waals surface area contributed by atoms with Crippen molar-refractivity contribution in [3.63, 3.8) is 0 Å². The van der Waals surface area contributed by atoms with Gasteiger partial charge in [0.1, 0.15) is 12.0 Å². The molecule has 0 aliphatic carbocycles. The van der Waals surface area contributed by atoms with Gasteiger partial charge in [0, 0.05) is 19.2 Å². The Morgan fingerprint density at radius 2 is 1.95 bits per heavy atom. The van der Waals surface area contributed by atoms with Crippen LogP contribution in [0.3, 0.4) is 0 Å². The molecule has 0 amide bonds. The van der Waals surface area contributed by atoms with E-state index in [1.807, 2.05) is 24.3 Å². The first-order chi connectivity index (χ1) is 9.60. The minimum atomic E-state index is -0.534. The molecular weight excluding hydrogens is 280 g/mol. The Morgan fingerprint density at radius 3 is 2.50 bits per heavy atom. The zero-order valence-corrected chi connectivity index (χ0v) is 11.3. The summed E-state index contributed by atoms with van der Waals surface area (Å²) in [6.45, 7) is 1.03. The second kappa shape index (κ2) is 6.31. The average Bonchev–Trinajstić information content (AvgIpc) is 2.46. The van der Waals surface area contributed by atoms with E-state index in [1.165, 1.54) is 12.3 Å². The van der Waals surface area contributed by atoms with Crippen LogP contribution in [-0.2, 0) is 13.1 Å². The summed E-state index contributed by atoms with van der Waals surface area (Å²) in [4.78, 5) is 14.0. The third kappa shape index (κ3) is 3.43. The average molecular weight is 293 g/mol. The summed E-state index contributed by atoms with van der Waals surface area (Å²) in [6.07, 6.45) is 1.17. The molecule has 2 aromatic rings. The van der Waals surface area contributed by atoms with Crippen LogP contribution in [0.2, 0.25) is 5.02 Å². The molecule has 0 radical (unpaired) electrons. The molecule has 0 aliphatic rings. The minimum Gasteiger partial charge on any atom is -0.365 e. The van der Waals surface area contributed by atoms with Crippen LogP contribution in [0.25, 0.3) is 0 Å². The van der Waals surface area contributed by atoms with Crippen LogP contribution < -0.4 is 11.1 Å². The molecule has 1 aromatic heterocycles. The van der Waals surface area contributed by atoms with E-state index >= 15 is 0 Å². The smallest absolute Gasteiger partial charge is 0.289 e. The number of hydrogen-bond donors (Lipinski definition) is 2. The van der Waals surface area contributed by atoms with Gasteiger partial charge in [-0.1, -0.05) is 35.9 Å². The van der Waals surface area contributed by atoms with Gasteiger partial charge in [-0.15, -0.1) is 0 Å². The van der Waals surface area contributed by atoms with E-state index in [4.69, 9.17) is 17.3 Å². The van der Waals surface area contributed by atoms with Crippen molar-refractivity contribution in [1.82, 2.24) is 4.98 Å². The Balaban J connectivity index is 2.04. The maximum absolute atomic E-state index is 10.6. The highest BCUT2D eigenvalue weighted by atomic mass is 35.5. The van der Waals surface area contributed by atoms with Crippen molar-refractivity contribution >= 4 is 23.1 Å². The highest BCUT2D eigenvalue weighted by molar-refractivity contribution is 6.33. The van der Waals surface area contributed by atoms with Crippen LogP contribution in [0, 0.1) is 10.1 Å². The number of nitrogens with zero attached hydrogens (tertiary/aromatic N) is 2. The molecule has 0 aliphatic heterocycles. The first-order valence-corrected chi connectivity index (χ1v) is 6.29. The van der Waals surface area contributed by atoms with Crippen LogP contribution in [0.5, 0.6) is 0 Å². The third-order valence-corrected chi connectivity index (χ3v) is 3.04. The largest absolute Gasteiger partial charge is 0.365 e. The number of pyridine rings is 1. The van der Waals surface area contributed by atoms with Crippen molar-refractivity contribution < 1.29 is 4.92 Å². The summed E-state index contributed by atoms with van der Waals surface area (Å²) in [6, 6.07) is 9.07. The van der Waals surface area contributed by atoms with Gasteiger partial charge in [0.15, 0.2) is 0 Å². The van der Waals surface area contributed by atoms with Crippen molar-refractivity contribution in [2.45, 2.75) is 13.1 Å². The molecule has 1 heterocycles. The number of benzene rings is 1. The maximum Gasteiger partial charge on any atom is 0.289 e. The number of aromatic nitrogens is 1. The lowest BCUT2D eigenvalue weighted by molar-refractivity contribution is -0.385. The molecule has 0 unspecified atom stereocenters. The molecule has 104 valence electrons.